The molecule has 112 valence electrons. The Hall–Kier alpha value is -0.750. The maximum atomic E-state index is 12.0. The second-order valence-corrected chi connectivity index (χ2v) is 4.85. The summed E-state index contributed by atoms with van der Waals surface area (Å²) in [7, 11) is 0. The van der Waals surface area contributed by atoms with Gasteiger partial charge in [0.05, 0.1) is 13.0 Å². The quantitative estimate of drug-likeness (QED) is 0.652. The van der Waals surface area contributed by atoms with Crippen molar-refractivity contribution in [2.45, 2.75) is 45.1 Å². The summed E-state index contributed by atoms with van der Waals surface area (Å²) in [4.78, 5) is 13.8. The Labute approximate surface area is 113 Å². The molecule has 1 unspecified atom stereocenters. The third kappa shape index (κ3) is 6.82. The first-order valence-corrected chi connectivity index (χ1v) is 7.00. The average Bonchev–Trinajstić information content (AvgIpc) is 2.86. The first-order chi connectivity index (χ1) is 9.13. The van der Waals surface area contributed by atoms with E-state index in [0.717, 1.165) is 25.8 Å². The lowest BCUT2D eigenvalue weighted by Crippen LogP contribution is -2.41. The van der Waals surface area contributed by atoms with Crippen molar-refractivity contribution in [3.8, 4) is 0 Å². The van der Waals surface area contributed by atoms with E-state index in [4.69, 9.17) is 4.74 Å². The molecule has 1 aliphatic rings. The highest BCUT2D eigenvalue weighted by molar-refractivity contribution is 5.76. The molecule has 1 N–H and O–H groups in total. The first kappa shape index (κ1) is 16.3. The van der Waals surface area contributed by atoms with Gasteiger partial charge in [0.1, 0.15) is 6.61 Å². The molecule has 1 amide bonds. The summed E-state index contributed by atoms with van der Waals surface area (Å²) in [5, 5.41) is 3.36. The highest BCUT2D eigenvalue weighted by Crippen LogP contribution is 2.08. The van der Waals surface area contributed by atoms with Crippen molar-refractivity contribution >= 4 is 5.91 Å². The average molecular weight is 278 g/mol. The Morgan fingerprint density at radius 2 is 2.32 bits per heavy atom. The Morgan fingerprint density at radius 1 is 1.53 bits per heavy atom. The van der Waals surface area contributed by atoms with Crippen molar-refractivity contribution in [3.63, 3.8) is 0 Å². The van der Waals surface area contributed by atoms with Crippen LogP contribution in [-0.4, -0.2) is 56.1 Å². The molecule has 6 heteroatoms. The largest absolute Gasteiger partial charge is 0.375 e. The van der Waals surface area contributed by atoms with Gasteiger partial charge < -0.3 is 15.0 Å². The third-order valence-corrected chi connectivity index (χ3v) is 3.15. The van der Waals surface area contributed by atoms with Gasteiger partial charge in [-0.3, -0.25) is 4.79 Å². The van der Waals surface area contributed by atoms with Gasteiger partial charge in [-0.25, -0.2) is 8.78 Å². The summed E-state index contributed by atoms with van der Waals surface area (Å²) in [6.07, 6.45) is 0.853. The number of carbonyl (C=O) groups is 1. The molecule has 4 nitrogen and oxygen atoms in total. The van der Waals surface area contributed by atoms with Crippen LogP contribution in [0.5, 0.6) is 0 Å². The summed E-state index contributed by atoms with van der Waals surface area (Å²) in [5.41, 5.74) is 0. The van der Waals surface area contributed by atoms with E-state index in [1.807, 2.05) is 11.8 Å². The molecule has 1 aliphatic heterocycles. The summed E-state index contributed by atoms with van der Waals surface area (Å²) >= 11 is 0. The lowest BCUT2D eigenvalue weighted by atomic mass is 10.2. The molecule has 19 heavy (non-hydrogen) atoms. The Balaban J connectivity index is 2.26. The monoisotopic (exact) mass is 278 g/mol. The van der Waals surface area contributed by atoms with Crippen molar-refractivity contribution < 1.29 is 18.3 Å². The summed E-state index contributed by atoms with van der Waals surface area (Å²) in [6.45, 7) is 3.94. The Kier molecular flexibility index (Phi) is 7.90. The summed E-state index contributed by atoms with van der Waals surface area (Å²) in [5.74, 6) is -0.00943. The third-order valence-electron chi connectivity index (χ3n) is 3.15. The highest BCUT2D eigenvalue weighted by atomic mass is 19.3. The Morgan fingerprint density at radius 3 is 2.89 bits per heavy atom. The number of nitrogens with zero attached hydrogens (tertiary/aromatic N) is 1. The van der Waals surface area contributed by atoms with Gasteiger partial charge in [-0.15, -0.1) is 0 Å². The Bertz CT molecular complexity index is 259. The van der Waals surface area contributed by atoms with Gasteiger partial charge in [-0.2, -0.15) is 0 Å². The van der Waals surface area contributed by atoms with E-state index in [2.05, 4.69) is 5.32 Å². The molecular weight excluding hydrogens is 254 g/mol. The predicted molar refractivity (Wildman–Crippen MR) is 69.3 cm³/mol. The fourth-order valence-electron chi connectivity index (χ4n) is 2.26. The van der Waals surface area contributed by atoms with Gasteiger partial charge in [0.2, 0.25) is 5.91 Å². The van der Waals surface area contributed by atoms with E-state index in [-0.39, 0.29) is 18.9 Å². The maximum Gasteiger partial charge on any atom is 0.261 e. The molecule has 1 fully saturated rings. The first-order valence-electron chi connectivity index (χ1n) is 7.00. The minimum Gasteiger partial charge on any atom is -0.375 e. The second kappa shape index (κ2) is 9.20. The normalized spacial score (nSPS) is 19.1. The van der Waals surface area contributed by atoms with E-state index in [1.165, 1.54) is 0 Å². The van der Waals surface area contributed by atoms with Crippen LogP contribution in [0.15, 0.2) is 0 Å². The zero-order valence-electron chi connectivity index (χ0n) is 11.5. The fourth-order valence-corrected chi connectivity index (χ4v) is 2.26. The molecule has 0 spiro atoms. The lowest BCUT2D eigenvalue weighted by Gasteiger charge is -2.25. The van der Waals surface area contributed by atoms with Crippen molar-refractivity contribution in [2.24, 2.45) is 0 Å². The van der Waals surface area contributed by atoms with Crippen LogP contribution in [0.1, 0.15) is 32.6 Å². The van der Waals surface area contributed by atoms with E-state index in [0.29, 0.717) is 19.1 Å². The lowest BCUT2D eigenvalue weighted by molar-refractivity contribution is -0.133. The van der Waals surface area contributed by atoms with Gasteiger partial charge >= 0.3 is 0 Å². The van der Waals surface area contributed by atoms with Gasteiger partial charge in [-0.1, -0.05) is 6.92 Å². The number of rotatable bonds is 9. The molecule has 1 rings (SSSR count). The summed E-state index contributed by atoms with van der Waals surface area (Å²) < 4.78 is 28.5. The highest BCUT2D eigenvalue weighted by Gasteiger charge is 2.20. The maximum absolute atomic E-state index is 12.0. The number of alkyl halides is 2. The van der Waals surface area contributed by atoms with Gasteiger partial charge in [0.15, 0.2) is 0 Å². The molecule has 0 radical (unpaired) electrons. The molecule has 0 aromatic carbocycles. The van der Waals surface area contributed by atoms with Crippen molar-refractivity contribution in [2.75, 3.05) is 32.8 Å². The van der Waals surface area contributed by atoms with E-state index < -0.39 is 13.0 Å². The van der Waals surface area contributed by atoms with Crippen LogP contribution in [0.25, 0.3) is 0 Å². The zero-order chi connectivity index (χ0) is 14.1. The van der Waals surface area contributed by atoms with Crippen LogP contribution in [0, 0.1) is 0 Å². The van der Waals surface area contributed by atoms with Crippen LogP contribution in [-0.2, 0) is 9.53 Å². The van der Waals surface area contributed by atoms with Crippen molar-refractivity contribution in [1.82, 2.24) is 10.2 Å². The molecule has 0 aliphatic carbocycles. The smallest absolute Gasteiger partial charge is 0.261 e. The number of ether oxygens (including phenoxy) is 1. The summed E-state index contributed by atoms with van der Waals surface area (Å²) in [6, 6.07) is 0.373. The molecule has 0 aromatic rings. The number of hydrogen-bond acceptors (Lipinski definition) is 3. The second-order valence-electron chi connectivity index (χ2n) is 4.85. The minimum atomic E-state index is -2.47. The van der Waals surface area contributed by atoms with Crippen LogP contribution in [0.2, 0.25) is 0 Å². The van der Waals surface area contributed by atoms with Gasteiger partial charge in [-0.05, 0) is 25.8 Å². The molecular formula is C13H24F2N2O2. The minimum absolute atomic E-state index is 0.00943. The van der Waals surface area contributed by atoms with E-state index in [9.17, 15) is 13.6 Å². The molecule has 0 saturated carbocycles. The van der Waals surface area contributed by atoms with E-state index >= 15 is 0 Å². The number of nitrogens with one attached hydrogen (secondary N) is 1. The molecule has 0 aromatic heterocycles. The van der Waals surface area contributed by atoms with Gasteiger partial charge in [0.25, 0.3) is 6.43 Å². The number of amides is 1. The van der Waals surface area contributed by atoms with Crippen LogP contribution >= 0.6 is 0 Å². The van der Waals surface area contributed by atoms with E-state index in [1.54, 1.807) is 0 Å². The van der Waals surface area contributed by atoms with Crippen LogP contribution < -0.4 is 5.32 Å². The number of carbonyl (C=O) groups excluding carboxylic acids is 1. The molecule has 1 heterocycles. The zero-order valence-corrected chi connectivity index (χ0v) is 11.5. The van der Waals surface area contributed by atoms with Crippen LogP contribution in [0.4, 0.5) is 8.78 Å². The number of halogens is 2. The van der Waals surface area contributed by atoms with Crippen molar-refractivity contribution in [1.29, 1.82) is 0 Å². The standard InChI is InChI=1S/C13H24F2N2O2/c1-2-7-17(9-11-4-3-6-16-11)13(18)5-8-19-10-12(14)15/h11-12,16H,2-10H2,1H3. The molecule has 1 saturated heterocycles. The SMILES string of the molecule is CCCN(CC1CCCN1)C(=O)CCOCC(F)F. The van der Waals surface area contributed by atoms with Crippen LogP contribution in [0.3, 0.4) is 0 Å². The van der Waals surface area contributed by atoms with Gasteiger partial charge in [0, 0.05) is 19.1 Å². The molecule has 0 bridgehead atoms. The molecule has 1 atom stereocenters. The predicted octanol–water partition coefficient (Wildman–Crippen LogP) is 1.65. The van der Waals surface area contributed by atoms with Crippen molar-refractivity contribution in [3.05, 3.63) is 0 Å². The number of hydrogen-bond donors (Lipinski definition) is 1. The topological polar surface area (TPSA) is 41.6 Å². The fraction of sp³-hybridized carbons (Fsp3) is 0.923.